The van der Waals surface area contributed by atoms with Crippen molar-refractivity contribution in [2.24, 2.45) is 0 Å². The number of carbonyl (C=O) groups excluding carboxylic acids is 1. The Bertz CT molecular complexity index is 605. The van der Waals surface area contributed by atoms with Crippen LogP contribution in [-0.4, -0.2) is 18.2 Å². The van der Waals surface area contributed by atoms with E-state index in [2.05, 4.69) is 4.74 Å². The lowest BCUT2D eigenvalue weighted by Crippen LogP contribution is -2.04. The van der Waals surface area contributed by atoms with Gasteiger partial charge in [0.05, 0.1) is 7.11 Å². The minimum atomic E-state index is -0.591. The van der Waals surface area contributed by atoms with Crippen LogP contribution in [0.4, 0.5) is 0 Å². The van der Waals surface area contributed by atoms with Gasteiger partial charge in [0, 0.05) is 0 Å². The van der Waals surface area contributed by atoms with Gasteiger partial charge in [0.1, 0.15) is 23.7 Å². The lowest BCUT2D eigenvalue weighted by Gasteiger charge is -2.12. The van der Waals surface area contributed by atoms with Crippen LogP contribution in [0.3, 0.4) is 0 Å². The Morgan fingerprint density at radius 1 is 1.20 bits per heavy atom. The van der Waals surface area contributed by atoms with Crippen molar-refractivity contribution in [1.29, 1.82) is 0 Å². The molecule has 0 radical (unpaired) electrons. The van der Waals surface area contributed by atoms with E-state index in [1.54, 1.807) is 6.92 Å². The summed E-state index contributed by atoms with van der Waals surface area (Å²) in [6.07, 6.45) is 0. The van der Waals surface area contributed by atoms with Crippen LogP contribution < -0.4 is 4.74 Å². The highest BCUT2D eigenvalue weighted by Crippen LogP contribution is 2.28. The van der Waals surface area contributed by atoms with Crippen molar-refractivity contribution in [3.05, 3.63) is 59.2 Å². The molecule has 0 aliphatic carbocycles. The number of esters is 1. The molecule has 0 heterocycles. The predicted octanol–water partition coefficient (Wildman–Crippen LogP) is 3.07. The summed E-state index contributed by atoms with van der Waals surface area (Å²) >= 11 is 0. The number of hydrogen-bond donors (Lipinski definition) is 1. The number of rotatable bonds is 4. The Labute approximate surface area is 117 Å². The van der Waals surface area contributed by atoms with E-state index in [1.807, 2.05) is 30.3 Å². The first-order valence-corrected chi connectivity index (χ1v) is 6.20. The third-order valence-corrected chi connectivity index (χ3v) is 2.94. The standard InChI is InChI=1S/C16H16O4/c1-11-8-14(17)13(16(18)19-2)9-15(11)20-10-12-6-4-3-5-7-12/h3-9,17H,10H2,1-2H3. The summed E-state index contributed by atoms with van der Waals surface area (Å²) in [4.78, 5) is 11.5. The van der Waals surface area contributed by atoms with Crippen molar-refractivity contribution >= 4 is 5.97 Å². The normalized spacial score (nSPS) is 10.1. The fraction of sp³-hybridized carbons (Fsp3) is 0.188. The Morgan fingerprint density at radius 3 is 2.55 bits per heavy atom. The van der Waals surface area contributed by atoms with Crippen LogP contribution in [0.25, 0.3) is 0 Å². The molecule has 0 amide bonds. The minimum absolute atomic E-state index is 0.0983. The maximum Gasteiger partial charge on any atom is 0.341 e. The molecule has 0 atom stereocenters. The lowest BCUT2D eigenvalue weighted by molar-refractivity contribution is 0.0597. The van der Waals surface area contributed by atoms with Crippen LogP contribution in [0.2, 0.25) is 0 Å². The van der Waals surface area contributed by atoms with Crippen LogP contribution in [0.1, 0.15) is 21.5 Å². The van der Waals surface area contributed by atoms with E-state index in [9.17, 15) is 9.90 Å². The Hall–Kier alpha value is -2.49. The number of methoxy groups -OCH3 is 1. The first kappa shape index (κ1) is 13.9. The highest BCUT2D eigenvalue weighted by molar-refractivity contribution is 5.93. The lowest BCUT2D eigenvalue weighted by atomic mass is 10.1. The number of phenols is 1. The summed E-state index contributed by atoms with van der Waals surface area (Å²) < 4.78 is 10.3. The second kappa shape index (κ2) is 6.10. The topological polar surface area (TPSA) is 55.8 Å². The number of benzene rings is 2. The van der Waals surface area contributed by atoms with Crippen molar-refractivity contribution in [2.75, 3.05) is 7.11 Å². The number of phenolic OH excluding ortho intramolecular Hbond substituents is 1. The summed E-state index contributed by atoms with van der Waals surface area (Å²) in [5.74, 6) is -0.152. The Kier molecular flexibility index (Phi) is 4.25. The minimum Gasteiger partial charge on any atom is -0.507 e. The molecule has 2 aromatic rings. The van der Waals surface area contributed by atoms with Crippen molar-refractivity contribution in [2.45, 2.75) is 13.5 Å². The van der Waals surface area contributed by atoms with E-state index in [1.165, 1.54) is 19.2 Å². The second-order valence-electron chi connectivity index (χ2n) is 4.40. The first-order valence-electron chi connectivity index (χ1n) is 6.20. The molecule has 0 aliphatic heterocycles. The van der Waals surface area contributed by atoms with Crippen molar-refractivity contribution in [3.8, 4) is 11.5 Å². The molecule has 0 spiro atoms. The highest BCUT2D eigenvalue weighted by Gasteiger charge is 2.15. The number of ether oxygens (including phenoxy) is 2. The number of aryl methyl sites for hydroxylation is 1. The summed E-state index contributed by atoms with van der Waals surface area (Å²) in [6.45, 7) is 2.20. The fourth-order valence-electron chi connectivity index (χ4n) is 1.84. The summed E-state index contributed by atoms with van der Waals surface area (Å²) in [5, 5.41) is 9.75. The Morgan fingerprint density at radius 2 is 1.90 bits per heavy atom. The molecule has 0 saturated carbocycles. The zero-order chi connectivity index (χ0) is 14.5. The zero-order valence-electron chi connectivity index (χ0n) is 11.4. The van der Waals surface area contributed by atoms with Gasteiger partial charge in [0.2, 0.25) is 0 Å². The Balaban J connectivity index is 2.21. The van der Waals surface area contributed by atoms with Gasteiger partial charge in [-0.05, 0) is 30.2 Å². The summed E-state index contributed by atoms with van der Waals surface area (Å²) in [5.41, 5.74) is 1.88. The van der Waals surface area contributed by atoms with E-state index in [-0.39, 0.29) is 11.3 Å². The van der Waals surface area contributed by atoms with Gasteiger partial charge in [-0.15, -0.1) is 0 Å². The maximum atomic E-state index is 11.5. The van der Waals surface area contributed by atoms with E-state index in [0.29, 0.717) is 12.4 Å². The van der Waals surface area contributed by atoms with Crippen LogP contribution >= 0.6 is 0 Å². The third-order valence-electron chi connectivity index (χ3n) is 2.94. The van der Waals surface area contributed by atoms with Crippen molar-refractivity contribution in [1.82, 2.24) is 0 Å². The maximum absolute atomic E-state index is 11.5. The molecule has 2 aromatic carbocycles. The highest BCUT2D eigenvalue weighted by atomic mass is 16.5. The largest absolute Gasteiger partial charge is 0.507 e. The third kappa shape index (κ3) is 3.09. The van der Waals surface area contributed by atoms with Gasteiger partial charge in [-0.25, -0.2) is 4.79 Å². The van der Waals surface area contributed by atoms with Gasteiger partial charge in [0.15, 0.2) is 0 Å². The summed E-state index contributed by atoms with van der Waals surface area (Å²) in [6, 6.07) is 12.7. The van der Waals surface area contributed by atoms with Gasteiger partial charge in [-0.1, -0.05) is 30.3 Å². The monoisotopic (exact) mass is 272 g/mol. The van der Waals surface area contributed by atoms with Gasteiger partial charge in [-0.2, -0.15) is 0 Å². The predicted molar refractivity (Wildman–Crippen MR) is 75.0 cm³/mol. The van der Waals surface area contributed by atoms with Crippen LogP contribution in [0, 0.1) is 6.92 Å². The summed E-state index contributed by atoms with van der Waals surface area (Å²) in [7, 11) is 1.27. The van der Waals surface area contributed by atoms with Gasteiger partial charge in [0.25, 0.3) is 0 Å². The van der Waals surface area contributed by atoms with Crippen molar-refractivity contribution in [3.63, 3.8) is 0 Å². The molecule has 0 aliphatic rings. The molecule has 104 valence electrons. The molecule has 1 N–H and O–H groups in total. The number of aromatic hydroxyl groups is 1. The average Bonchev–Trinajstić information content (AvgIpc) is 2.46. The molecule has 0 unspecified atom stereocenters. The molecule has 20 heavy (non-hydrogen) atoms. The fourth-order valence-corrected chi connectivity index (χ4v) is 1.84. The van der Waals surface area contributed by atoms with E-state index in [0.717, 1.165) is 11.1 Å². The second-order valence-corrected chi connectivity index (χ2v) is 4.40. The quantitative estimate of drug-likeness (QED) is 0.869. The van der Waals surface area contributed by atoms with E-state index < -0.39 is 5.97 Å². The van der Waals surface area contributed by atoms with E-state index in [4.69, 9.17) is 4.74 Å². The zero-order valence-corrected chi connectivity index (χ0v) is 11.4. The molecular formula is C16H16O4. The molecular weight excluding hydrogens is 256 g/mol. The molecule has 0 aromatic heterocycles. The SMILES string of the molecule is COC(=O)c1cc(OCc2ccccc2)c(C)cc1O. The van der Waals surface area contributed by atoms with Crippen LogP contribution in [-0.2, 0) is 11.3 Å². The van der Waals surface area contributed by atoms with Gasteiger partial charge in [-0.3, -0.25) is 0 Å². The molecule has 0 saturated heterocycles. The van der Waals surface area contributed by atoms with Crippen molar-refractivity contribution < 1.29 is 19.4 Å². The molecule has 4 heteroatoms. The first-order chi connectivity index (χ1) is 9.61. The van der Waals surface area contributed by atoms with Gasteiger partial charge < -0.3 is 14.6 Å². The van der Waals surface area contributed by atoms with Gasteiger partial charge >= 0.3 is 5.97 Å². The average molecular weight is 272 g/mol. The molecule has 0 fully saturated rings. The molecule has 0 bridgehead atoms. The molecule has 2 rings (SSSR count). The number of carbonyl (C=O) groups is 1. The number of hydrogen-bond acceptors (Lipinski definition) is 4. The smallest absolute Gasteiger partial charge is 0.341 e. The van der Waals surface area contributed by atoms with Crippen LogP contribution in [0.15, 0.2) is 42.5 Å². The van der Waals surface area contributed by atoms with E-state index >= 15 is 0 Å². The van der Waals surface area contributed by atoms with Crippen LogP contribution in [0.5, 0.6) is 11.5 Å². The molecule has 4 nitrogen and oxygen atoms in total.